The summed E-state index contributed by atoms with van der Waals surface area (Å²) in [5, 5.41) is 38.4. The predicted molar refractivity (Wildman–Crippen MR) is 70.9 cm³/mol. The molecular formula is C11H16N2O5S. The molecule has 2 atom stereocenters. The minimum Gasteiger partial charge on any atom is -0.396 e. The van der Waals surface area contributed by atoms with Crippen molar-refractivity contribution in [3.8, 4) is 0 Å². The quantitative estimate of drug-likeness (QED) is 0.348. The Hall–Kier alpha value is -1.19. The van der Waals surface area contributed by atoms with Gasteiger partial charge in [-0.15, -0.1) is 11.8 Å². The third-order valence-corrected chi connectivity index (χ3v) is 3.35. The molecule has 2 rings (SSSR count). The molecule has 1 fully saturated rings. The molecule has 19 heavy (non-hydrogen) atoms. The SMILES string of the molecule is O=[N+]([O-])c1ccccc1SCCO.OC1CNC1O. The molecule has 0 amide bonds. The van der Waals surface area contributed by atoms with Gasteiger partial charge in [-0.1, -0.05) is 12.1 Å². The lowest BCUT2D eigenvalue weighted by Crippen LogP contribution is -2.56. The van der Waals surface area contributed by atoms with Crippen molar-refractivity contribution in [3.05, 3.63) is 34.4 Å². The number of thioether (sulfide) groups is 1. The molecule has 0 bridgehead atoms. The summed E-state index contributed by atoms with van der Waals surface area (Å²) in [6.45, 7) is 0.553. The summed E-state index contributed by atoms with van der Waals surface area (Å²) in [5.74, 6) is 0.477. The molecule has 2 unspecified atom stereocenters. The first-order valence-electron chi connectivity index (χ1n) is 5.63. The molecule has 0 spiro atoms. The van der Waals surface area contributed by atoms with Crippen LogP contribution in [0.2, 0.25) is 0 Å². The van der Waals surface area contributed by atoms with E-state index in [0.29, 0.717) is 17.2 Å². The van der Waals surface area contributed by atoms with Crippen molar-refractivity contribution in [2.24, 2.45) is 0 Å². The predicted octanol–water partition coefficient (Wildman–Crippen LogP) is -0.0519. The van der Waals surface area contributed by atoms with Crippen molar-refractivity contribution in [2.45, 2.75) is 17.2 Å². The lowest BCUT2D eigenvalue weighted by molar-refractivity contribution is -0.387. The molecule has 1 aromatic rings. The van der Waals surface area contributed by atoms with Crippen LogP contribution in [-0.4, -0.2) is 51.5 Å². The highest BCUT2D eigenvalue weighted by molar-refractivity contribution is 7.99. The van der Waals surface area contributed by atoms with Crippen LogP contribution < -0.4 is 5.32 Å². The largest absolute Gasteiger partial charge is 0.396 e. The summed E-state index contributed by atoms with van der Waals surface area (Å²) >= 11 is 1.28. The number of para-hydroxylation sites is 1. The van der Waals surface area contributed by atoms with Gasteiger partial charge in [0, 0.05) is 18.4 Å². The number of benzene rings is 1. The first kappa shape index (κ1) is 15.9. The van der Waals surface area contributed by atoms with Crippen molar-refractivity contribution < 1.29 is 20.2 Å². The maximum Gasteiger partial charge on any atom is 0.282 e. The van der Waals surface area contributed by atoms with Gasteiger partial charge in [-0.05, 0) is 6.07 Å². The molecular weight excluding hydrogens is 272 g/mol. The van der Waals surface area contributed by atoms with Gasteiger partial charge in [-0.2, -0.15) is 0 Å². The van der Waals surface area contributed by atoms with E-state index in [1.165, 1.54) is 17.8 Å². The van der Waals surface area contributed by atoms with Crippen LogP contribution in [0.15, 0.2) is 29.2 Å². The number of aliphatic hydroxyl groups excluding tert-OH is 3. The molecule has 1 saturated heterocycles. The second-order valence-corrected chi connectivity index (χ2v) is 4.85. The van der Waals surface area contributed by atoms with Crippen molar-refractivity contribution in [1.29, 1.82) is 0 Å². The van der Waals surface area contributed by atoms with E-state index in [2.05, 4.69) is 5.32 Å². The zero-order chi connectivity index (χ0) is 14.3. The molecule has 0 saturated carbocycles. The Morgan fingerprint density at radius 3 is 2.47 bits per heavy atom. The molecule has 1 aromatic carbocycles. The molecule has 0 radical (unpaired) electrons. The van der Waals surface area contributed by atoms with Crippen molar-refractivity contribution in [3.63, 3.8) is 0 Å². The highest BCUT2D eigenvalue weighted by atomic mass is 32.2. The van der Waals surface area contributed by atoms with Gasteiger partial charge in [0.05, 0.1) is 16.4 Å². The Morgan fingerprint density at radius 1 is 1.42 bits per heavy atom. The van der Waals surface area contributed by atoms with Crippen LogP contribution in [0.3, 0.4) is 0 Å². The lowest BCUT2D eigenvalue weighted by Gasteiger charge is -2.28. The zero-order valence-corrected chi connectivity index (χ0v) is 10.9. The Bertz CT molecular complexity index is 410. The number of hydrogen-bond acceptors (Lipinski definition) is 7. The molecule has 106 valence electrons. The number of nitrogens with one attached hydrogen (secondary N) is 1. The minimum atomic E-state index is -0.662. The molecule has 4 N–H and O–H groups in total. The Balaban J connectivity index is 0.000000250. The second kappa shape index (κ2) is 8.08. The smallest absolute Gasteiger partial charge is 0.282 e. The van der Waals surface area contributed by atoms with E-state index in [-0.39, 0.29) is 12.3 Å². The van der Waals surface area contributed by atoms with Gasteiger partial charge in [0.1, 0.15) is 12.3 Å². The highest BCUT2D eigenvalue weighted by Gasteiger charge is 2.24. The van der Waals surface area contributed by atoms with Crippen LogP contribution in [0.1, 0.15) is 0 Å². The second-order valence-electron chi connectivity index (χ2n) is 3.72. The first-order chi connectivity index (χ1) is 9.06. The summed E-state index contributed by atoms with van der Waals surface area (Å²) in [5.41, 5.74) is 0.0981. The van der Waals surface area contributed by atoms with Crippen LogP contribution in [-0.2, 0) is 0 Å². The van der Waals surface area contributed by atoms with Gasteiger partial charge in [0.2, 0.25) is 0 Å². The van der Waals surface area contributed by atoms with Crippen molar-refractivity contribution >= 4 is 17.4 Å². The standard InChI is InChI=1S/C8H9NO3S.C3H7NO2/c10-5-6-13-8-4-2-1-3-7(8)9(11)12;5-2-1-4-3(2)6/h1-4,10H,5-6H2;2-6H,1H2. The third-order valence-electron chi connectivity index (χ3n) is 2.31. The number of nitro benzene ring substituents is 1. The summed E-state index contributed by atoms with van der Waals surface area (Å²) in [4.78, 5) is 10.7. The van der Waals surface area contributed by atoms with Gasteiger partial charge in [-0.25, -0.2) is 0 Å². The van der Waals surface area contributed by atoms with Gasteiger partial charge >= 0.3 is 0 Å². The number of nitro groups is 1. The Kier molecular flexibility index (Phi) is 6.74. The van der Waals surface area contributed by atoms with Gasteiger partial charge < -0.3 is 15.3 Å². The number of aliphatic hydroxyl groups is 3. The summed E-state index contributed by atoms with van der Waals surface area (Å²) in [6, 6.07) is 6.51. The fourth-order valence-electron chi connectivity index (χ4n) is 1.21. The summed E-state index contributed by atoms with van der Waals surface area (Å²) in [6.07, 6.45) is -1.19. The van der Waals surface area contributed by atoms with Crippen LogP contribution >= 0.6 is 11.8 Å². The number of rotatable bonds is 4. The van der Waals surface area contributed by atoms with E-state index in [1.807, 2.05) is 0 Å². The minimum absolute atomic E-state index is 0.0245. The van der Waals surface area contributed by atoms with E-state index < -0.39 is 17.3 Å². The van der Waals surface area contributed by atoms with Gasteiger partial charge in [-0.3, -0.25) is 15.4 Å². The zero-order valence-electron chi connectivity index (χ0n) is 10.1. The summed E-state index contributed by atoms with van der Waals surface area (Å²) in [7, 11) is 0. The Labute approximate surface area is 114 Å². The molecule has 1 aliphatic rings. The van der Waals surface area contributed by atoms with E-state index in [9.17, 15) is 10.1 Å². The summed E-state index contributed by atoms with van der Waals surface area (Å²) < 4.78 is 0. The molecule has 0 aliphatic carbocycles. The van der Waals surface area contributed by atoms with Crippen LogP contribution in [0.4, 0.5) is 5.69 Å². The molecule has 8 heteroatoms. The topological polar surface area (TPSA) is 116 Å². The highest BCUT2D eigenvalue weighted by Crippen LogP contribution is 2.27. The molecule has 1 aliphatic heterocycles. The van der Waals surface area contributed by atoms with Crippen molar-refractivity contribution in [1.82, 2.24) is 5.32 Å². The molecule has 0 aromatic heterocycles. The fourth-order valence-corrected chi connectivity index (χ4v) is 1.99. The maximum absolute atomic E-state index is 10.5. The fraction of sp³-hybridized carbons (Fsp3) is 0.455. The molecule has 1 heterocycles. The third kappa shape index (κ3) is 5.13. The first-order valence-corrected chi connectivity index (χ1v) is 6.61. The van der Waals surface area contributed by atoms with Gasteiger partial charge in [0.15, 0.2) is 0 Å². The van der Waals surface area contributed by atoms with Crippen LogP contribution in [0.5, 0.6) is 0 Å². The lowest BCUT2D eigenvalue weighted by atomic mass is 10.2. The van der Waals surface area contributed by atoms with E-state index in [4.69, 9.17) is 15.3 Å². The maximum atomic E-state index is 10.5. The number of nitrogens with zero attached hydrogens (tertiary/aromatic N) is 1. The van der Waals surface area contributed by atoms with Crippen LogP contribution in [0, 0.1) is 10.1 Å². The average molecular weight is 288 g/mol. The van der Waals surface area contributed by atoms with E-state index in [0.717, 1.165) is 0 Å². The normalized spacial score (nSPS) is 21.0. The van der Waals surface area contributed by atoms with E-state index in [1.54, 1.807) is 18.2 Å². The monoisotopic (exact) mass is 288 g/mol. The average Bonchev–Trinajstić information content (AvgIpc) is 2.43. The van der Waals surface area contributed by atoms with Gasteiger partial charge in [0.25, 0.3) is 5.69 Å². The van der Waals surface area contributed by atoms with E-state index >= 15 is 0 Å². The Morgan fingerprint density at radius 2 is 2.05 bits per heavy atom. The number of β-amino-alcohol motifs (C(OH)–C–C–N with tert-alkyl or cyclic N) is 1. The number of hydrogen-bond donors (Lipinski definition) is 4. The molecule has 7 nitrogen and oxygen atoms in total. The van der Waals surface area contributed by atoms with Crippen LogP contribution in [0.25, 0.3) is 0 Å². The van der Waals surface area contributed by atoms with Crippen molar-refractivity contribution in [2.75, 3.05) is 18.9 Å².